The van der Waals surface area contributed by atoms with Gasteiger partial charge in [0.1, 0.15) is 5.75 Å². The molecule has 146 valence electrons. The first kappa shape index (κ1) is 19.9. The average Bonchev–Trinajstić information content (AvgIpc) is 2.63. The van der Waals surface area contributed by atoms with Gasteiger partial charge in [0.2, 0.25) is 0 Å². The van der Waals surface area contributed by atoms with Crippen LogP contribution in [-0.4, -0.2) is 60.8 Å². The van der Waals surface area contributed by atoms with Gasteiger partial charge in [-0.3, -0.25) is 4.90 Å². The van der Waals surface area contributed by atoms with Gasteiger partial charge in [-0.15, -0.1) is 0 Å². The molecule has 4 heteroatoms. The van der Waals surface area contributed by atoms with Crippen molar-refractivity contribution in [2.24, 2.45) is 0 Å². The van der Waals surface area contributed by atoms with Crippen molar-refractivity contribution in [1.29, 1.82) is 0 Å². The number of hydrogen-bond acceptors (Lipinski definition) is 4. The van der Waals surface area contributed by atoms with E-state index >= 15 is 0 Å². The lowest BCUT2D eigenvalue weighted by Crippen LogP contribution is -2.52. The summed E-state index contributed by atoms with van der Waals surface area (Å²) < 4.78 is 5.87. The van der Waals surface area contributed by atoms with Crippen molar-refractivity contribution < 1.29 is 9.84 Å². The minimum atomic E-state index is -0.595. The fourth-order valence-corrected chi connectivity index (χ4v) is 3.94. The Balaban J connectivity index is 1.47. The van der Waals surface area contributed by atoms with E-state index in [1.807, 2.05) is 20.2 Å². The third kappa shape index (κ3) is 6.35. The van der Waals surface area contributed by atoms with E-state index in [1.54, 1.807) is 0 Å². The van der Waals surface area contributed by atoms with Gasteiger partial charge >= 0.3 is 0 Å². The number of ether oxygens (including phenoxy) is 1. The molecule has 4 nitrogen and oxygen atoms in total. The predicted molar refractivity (Wildman–Crippen MR) is 110 cm³/mol. The van der Waals surface area contributed by atoms with Gasteiger partial charge in [-0.1, -0.05) is 42.5 Å². The van der Waals surface area contributed by atoms with Crippen LogP contribution in [0.3, 0.4) is 0 Å². The van der Waals surface area contributed by atoms with E-state index in [4.69, 9.17) is 4.74 Å². The molecule has 2 aromatic carbocycles. The molecule has 0 radical (unpaired) electrons. The maximum atomic E-state index is 10.8. The molecule has 0 bridgehead atoms. The lowest BCUT2D eigenvalue weighted by atomic mass is 9.92. The fraction of sp³-hybridized carbons (Fsp3) is 0.478. The number of benzene rings is 2. The molecular weight excluding hydrogens is 336 g/mol. The number of rotatable bonds is 8. The zero-order valence-corrected chi connectivity index (χ0v) is 16.6. The Bertz CT molecular complexity index is 687. The van der Waals surface area contributed by atoms with Crippen molar-refractivity contribution in [1.82, 2.24) is 9.80 Å². The smallest absolute Gasteiger partial charge is 0.119 e. The first-order chi connectivity index (χ1) is 13.0. The summed E-state index contributed by atoms with van der Waals surface area (Å²) in [6.07, 6.45) is 2.85. The van der Waals surface area contributed by atoms with E-state index < -0.39 is 5.60 Å². The normalized spacial score (nSPS) is 20.7. The van der Waals surface area contributed by atoms with Crippen molar-refractivity contribution in [2.75, 3.05) is 40.3 Å². The lowest BCUT2D eigenvalue weighted by Gasteiger charge is -2.40. The highest BCUT2D eigenvalue weighted by Crippen LogP contribution is 2.24. The van der Waals surface area contributed by atoms with E-state index in [1.165, 1.54) is 11.1 Å². The monoisotopic (exact) mass is 368 g/mol. The van der Waals surface area contributed by atoms with Crippen LogP contribution < -0.4 is 4.74 Å². The standard InChI is InChI=1S/C23H32N2O2/c1-24(2)18-23(26)14-6-15-25(19-23)17-21-9-11-22(12-10-21)27-16-13-20-7-4-3-5-8-20/h3-5,7-12,26H,6,13-19H2,1-2H3/t23-/m0/s1. The van der Waals surface area contributed by atoms with Gasteiger partial charge in [0.05, 0.1) is 12.2 Å². The largest absolute Gasteiger partial charge is 0.493 e. The Morgan fingerprint density at radius 3 is 2.48 bits per heavy atom. The Morgan fingerprint density at radius 2 is 1.78 bits per heavy atom. The second-order valence-electron chi connectivity index (χ2n) is 8.00. The molecule has 0 saturated carbocycles. The SMILES string of the molecule is CN(C)C[C@@]1(O)CCCN(Cc2ccc(OCCc3ccccc3)cc2)C1. The van der Waals surface area contributed by atoms with Crippen LogP contribution in [0, 0.1) is 0 Å². The Morgan fingerprint density at radius 1 is 1.04 bits per heavy atom. The number of β-amino-alcohol motifs (C(OH)–C–C–N with tert-alkyl or cyclic N) is 1. The second kappa shape index (κ2) is 9.36. The van der Waals surface area contributed by atoms with Crippen molar-refractivity contribution in [3.8, 4) is 5.75 Å². The van der Waals surface area contributed by atoms with Crippen LogP contribution in [0.5, 0.6) is 5.75 Å². The van der Waals surface area contributed by atoms with Crippen LogP contribution in [0.4, 0.5) is 0 Å². The zero-order chi connectivity index (χ0) is 19.1. The average molecular weight is 369 g/mol. The predicted octanol–water partition coefficient (Wildman–Crippen LogP) is 3.20. The molecule has 1 aliphatic heterocycles. The molecule has 27 heavy (non-hydrogen) atoms. The maximum absolute atomic E-state index is 10.8. The molecular formula is C23H32N2O2. The number of likely N-dealkylation sites (tertiary alicyclic amines) is 1. The number of nitrogens with zero attached hydrogens (tertiary/aromatic N) is 2. The van der Waals surface area contributed by atoms with E-state index in [0.717, 1.165) is 51.2 Å². The minimum absolute atomic E-state index is 0.595. The quantitative estimate of drug-likeness (QED) is 0.776. The molecule has 0 aliphatic carbocycles. The summed E-state index contributed by atoms with van der Waals surface area (Å²) in [5.41, 5.74) is 1.96. The summed E-state index contributed by atoms with van der Waals surface area (Å²) in [5.74, 6) is 0.914. The molecule has 1 aliphatic rings. The molecule has 3 rings (SSSR count). The highest BCUT2D eigenvalue weighted by molar-refractivity contribution is 5.27. The van der Waals surface area contributed by atoms with Gasteiger partial charge in [0.25, 0.3) is 0 Å². The molecule has 0 amide bonds. The number of likely N-dealkylation sites (N-methyl/N-ethyl adjacent to an activating group) is 1. The summed E-state index contributed by atoms with van der Waals surface area (Å²) >= 11 is 0. The van der Waals surface area contributed by atoms with Gasteiger partial charge in [-0.2, -0.15) is 0 Å². The molecule has 1 atom stereocenters. The highest BCUT2D eigenvalue weighted by Gasteiger charge is 2.33. The van der Waals surface area contributed by atoms with Crippen LogP contribution in [0.1, 0.15) is 24.0 Å². The first-order valence-corrected chi connectivity index (χ1v) is 9.88. The molecule has 0 unspecified atom stereocenters. The number of piperidine rings is 1. The Labute approximate surface area is 163 Å². The highest BCUT2D eigenvalue weighted by atomic mass is 16.5. The van der Waals surface area contributed by atoms with Crippen molar-refractivity contribution >= 4 is 0 Å². The Hall–Kier alpha value is -1.88. The fourth-order valence-electron chi connectivity index (χ4n) is 3.94. The van der Waals surface area contributed by atoms with E-state index in [9.17, 15) is 5.11 Å². The van der Waals surface area contributed by atoms with Gasteiger partial charge in [-0.25, -0.2) is 0 Å². The molecule has 1 N–H and O–H groups in total. The van der Waals surface area contributed by atoms with E-state index in [0.29, 0.717) is 6.61 Å². The molecule has 1 saturated heterocycles. The first-order valence-electron chi connectivity index (χ1n) is 9.88. The molecule has 0 aromatic heterocycles. The lowest BCUT2D eigenvalue weighted by molar-refractivity contribution is -0.0479. The summed E-state index contributed by atoms with van der Waals surface area (Å²) in [7, 11) is 4.04. The zero-order valence-electron chi connectivity index (χ0n) is 16.6. The summed E-state index contributed by atoms with van der Waals surface area (Å²) in [4.78, 5) is 4.43. The molecule has 0 spiro atoms. The van der Waals surface area contributed by atoms with Crippen molar-refractivity contribution in [3.05, 3.63) is 65.7 Å². The molecule has 1 heterocycles. The van der Waals surface area contributed by atoms with Gasteiger partial charge < -0.3 is 14.7 Å². The van der Waals surface area contributed by atoms with E-state index in [2.05, 4.69) is 58.3 Å². The number of hydrogen-bond donors (Lipinski definition) is 1. The van der Waals surface area contributed by atoms with Crippen LogP contribution in [0.25, 0.3) is 0 Å². The van der Waals surface area contributed by atoms with Crippen LogP contribution in [-0.2, 0) is 13.0 Å². The van der Waals surface area contributed by atoms with E-state index in [-0.39, 0.29) is 0 Å². The van der Waals surface area contributed by atoms with Crippen molar-refractivity contribution in [3.63, 3.8) is 0 Å². The third-order valence-corrected chi connectivity index (χ3v) is 5.08. The summed E-state index contributed by atoms with van der Waals surface area (Å²) in [6, 6.07) is 18.8. The third-order valence-electron chi connectivity index (χ3n) is 5.08. The van der Waals surface area contributed by atoms with Crippen LogP contribution in [0.2, 0.25) is 0 Å². The minimum Gasteiger partial charge on any atom is -0.493 e. The molecule has 2 aromatic rings. The maximum Gasteiger partial charge on any atom is 0.119 e. The number of aliphatic hydroxyl groups is 1. The van der Waals surface area contributed by atoms with Crippen molar-refractivity contribution in [2.45, 2.75) is 31.4 Å². The van der Waals surface area contributed by atoms with Crippen LogP contribution in [0.15, 0.2) is 54.6 Å². The van der Waals surface area contributed by atoms with Crippen LogP contribution >= 0.6 is 0 Å². The molecule has 1 fully saturated rings. The van der Waals surface area contributed by atoms with Gasteiger partial charge in [0.15, 0.2) is 0 Å². The van der Waals surface area contributed by atoms with Gasteiger partial charge in [0, 0.05) is 26.1 Å². The Kier molecular flexibility index (Phi) is 6.89. The topological polar surface area (TPSA) is 35.9 Å². The summed E-state index contributed by atoms with van der Waals surface area (Å²) in [6.45, 7) is 4.07. The summed E-state index contributed by atoms with van der Waals surface area (Å²) in [5, 5.41) is 10.8. The second-order valence-corrected chi connectivity index (χ2v) is 8.00. The van der Waals surface area contributed by atoms with Gasteiger partial charge in [-0.05, 0) is 56.7 Å².